The molecule has 214 valence electrons. The predicted octanol–water partition coefficient (Wildman–Crippen LogP) is 0.456. The van der Waals surface area contributed by atoms with Gasteiger partial charge in [0.15, 0.2) is 11.8 Å². The normalized spacial score (nSPS) is 27.5. The Kier molecular flexibility index (Phi) is 8.90. The number of aliphatic imine (C=N–C) groups is 1. The molecule has 10 N–H and O–H groups in total. The van der Waals surface area contributed by atoms with Crippen LogP contribution in [0.5, 0.6) is 0 Å². The van der Waals surface area contributed by atoms with Crippen LogP contribution in [-0.4, -0.2) is 68.7 Å². The van der Waals surface area contributed by atoms with E-state index >= 15 is 0 Å². The largest absolute Gasteiger partial charge is 0.464 e. The number of carbonyl (C=O) groups is 2. The van der Waals surface area contributed by atoms with E-state index in [0.29, 0.717) is 11.3 Å². The Labute approximate surface area is 227 Å². The number of aromatic amines is 1. The van der Waals surface area contributed by atoms with Crippen molar-refractivity contribution in [2.45, 2.75) is 83.1 Å². The minimum absolute atomic E-state index is 0.0304. The van der Waals surface area contributed by atoms with Gasteiger partial charge in [0, 0.05) is 42.7 Å². The van der Waals surface area contributed by atoms with Gasteiger partial charge in [-0.15, -0.1) is 0 Å². The van der Waals surface area contributed by atoms with E-state index in [1.165, 1.54) is 13.3 Å². The maximum Gasteiger partial charge on any atom is 0.311 e. The highest BCUT2D eigenvalue weighted by Gasteiger charge is 2.51. The molecular formula is C26H41N9O4. The third-order valence-electron chi connectivity index (χ3n) is 8.27. The molecule has 3 heterocycles. The molecule has 13 nitrogen and oxygen atoms in total. The molecule has 7 atom stereocenters. The number of aliphatic hydroxyl groups excluding tert-OH is 1. The van der Waals surface area contributed by atoms with Gasteiger partial charge in [0.05, 0.1) is 23.6 Å². The van der Waals surface area contributed by atoms with E-state index in [4.69, 9.17) is 21.9 Å². The molecule has 2 aromatic heterocycles. The molecule has 1 unspecified atom stereocenters. The number of esters is 1. The van der Waals surface area contributed by atoms with Gasteiger partial charge in [-0.25, -0.2) is 15.0 Å². The number of hydrogen-bond acceptors (Lipinski definition) is 9. The van der Waals surface area contributed by atoms with E-state index in [9.17, 15) is 14.7 Å². The van der Waals surface area contributed by atoms with Gasteiger partial charge in [0.2, 0.25) is 5.91 Å². The molecule has 0 spiro atoms. The van der Waals surface area contributed by atoms with Crippen molar-refractivity contribution < 1.29 is 19.4 Å². The minimum atomic E-state index is -1.07. The molecule has 1 amide bonds. The Hall–Kier alpha value is -3.45. The minimum Gasteiger partial charge on any atom is -0.464 e. The van der Waals surface area contributed by atoms with Crippen molar-refractivity contribution in [3.05, 3.63) is 18.1 Å². The molecule has 1 saturated carbocycles. The first kappa shape index (κ1) is 28.6. The number of fused-ring (bicyclic) bond motifs is 1. The van der Waals surface area contributed by atoms with E-state index in [1.54, 1.807) is 0 Å². The summed E-state index contributed by atoms with van der Waals surface area (Å²) >= 11 is 0. The van der Waals surface area contributed by atoms with Crippen LogP contribution in [0.4, 0.5) is 5.82 Å². The Morgan fingerprint density at radius 3 is 2.67 bits per heavy atom. The van der Waals surface area contributed by atoms with Crippen LogP contribution in [0.2, 0.25) is 0 Å². The van der Waals surface area contributed by atoms with Crippen molar-refractivity contribution >= 4 is 34.7 Å². The van der Waals surface area contributed by atoms with Gasteiger partial charge in [-0.05, 0) is 25.2 Å². The van der Waals surface area contributed by atoms with E-state index in [2.05, 4.69) is 30.6 Å². The molecule has 1 saturated heterocycles. The number of rotatable bonds is 10. The number of aromatic nitrogens is 3. The fourth-order valence-corrected chi connectivity index (χ4v) is 6.36. The summed E-state index contributed by atoms with van der Waals surface area (Å²) in [6.45, 7) is 5.67. The van der Waals surface area contributed by atoms with Gasteiger partial charge in [-0.1, -0.05) is 26.7 Å². The van der Waals surface area contributed by atoms with Crippen LogP contribution in [0, 0.1) is 17.8 Å². The van der Waals surface area contributed by atoms with Crippen LogP contribution in [0.1, 0.15) is 64.5 Å². The number of nitrogen functional groups attached to an aromatic ring is 1. The first-order valence-electron chi connectivity index (χ1n) is 13.7. The quantitative estimate of drug-likeness (QED) is 0.125. The van der Waals surface area contributed by atoms with Crippen LogP contribution in [0.3, 0.4) is 0 Å². The summed E-state index contributed by atoms with van der Waals surface area (Å²) in [4.78, 5) is 41.2. The zero-order valence-corrected chi connectivity index (χ0v) is 22.8. The highest BCUT2D eigenvalue weighted by molar-refractivity contribution is 5.87. The highest BCUT2D eigenvalue weighted by Crippen LogP contribution is 2.40. The van der Waals surface area contributed by atoms with Gasteiger partial charge in [0.1, 0.15) is 18.5 Å². The second-order valence-electron chi connectivity index (χ2n) is 10.7. The van der Waals surface area contributed by atoms with Gasteiger partial charge in [-0.2, -0.15) is 0 Å². The topological polar surface area (TPSA) is 220 Å². The van der Waals surface area contributed by atoms with E-state index in [-0.39, 0.29) is 48.9 Å². The number of guanidine groups is 1. The van der Waals surface area contributed by atoms with E-state index in [0.717, 1.165) is 36.8 Å². The molecule has 4 rings (SSSR count). The lowest BCUT2D eigenvalue weighted by Crippen LogP contribution is -2.51. The smallest absolute Gasteiger partial charge is 0.311 e. The second kappa shape index (κ2) is 12.2. The third-order valence-corrected chi connectivity index (χ3v) is 8.27. The zero-order valence-electron chi connectivity index (χ0n) is 22.8. The number of ether oxygens (including phenoxy) is 1. The molecule has 0 radical (unpaired) electrons. The predicted molar refractivity (Wildman–Crippen MR) is 147 cm³/mol. The van der Waals surface area contributed by atoms with Crippen LogP contribution in [0.25, 0.3) is 11.0 Å². The molecule has 0 aromatic carbocycles. The number of amides is 1. The summed E-state index contributed by atoms with van der Waals surface area (Å²) in [6.07, 6.45) is 5.71. The second-order valence-corrected chi connectivity index (χ2v) is 10.7. The highest BCUT2D eigenvalue weighted by atomic mass is 16.5. The number of aliphatic hydroxyl groups is 1. The van der Waals surface area contributed by atoms with Crippen molar-refractivity contribution in [2.24, 2.45) is 34.2 Å². The fraction of sp³-hybridized carbons (Fsp3) is 0.654. The molecule has 2 aromatic rings. The summed E-state index contributed by atoms with van der Waals surface area (Å²) in [5, 5.41) is 17.9. The Morgan fingerprint density at radius 1 is 1.26 bits per heavy atom. The van der Waals surface area contributed by atoms with Crippen molar-refractivity contribution in [2.75, 3.05) is 12.3 Å². The SMILES string of the molecule is CCC(CC)[C@H](NC(C)=O)C1[C@H](N=C(N)N)C[C@H](C(=O)OC[C@@H]2CC[C@H](c3c[nH]c4c(N)ncnc34)N2)[C@H]1O. The van der Waals surface area contributed by atoms with Crippen molar-refractivity contribution in [3.63, 3.8) is 0 Å². The van der Waals surface area contributed by atoms with Gasteiger partial charge < -0.3 is 42.7 Å². The van der Waals surface area contributed by atoms with Gasteiger partial charge >= 0.3 is 5.97 Å². The van der Waals surface area contributed by atoms with Crippen LogP contribution >= 0.6 is 0 Å². The van der Waals surface area contributed by atoms with Gasteiger partial charge in [0.25, 0.3) is 0 Å². The molecule has 39 heavy (non-hydrogen) atoms. The number of nitrogens with zero attached hydrogens (tertiary/aromatic N) is 3. The molecule has 13 heteroatoms. The number of H-pyrrole nitrogens is 1. The van der Waals surface area contributed by atoms with E-state index in [1.807, 2.05) is 20.0 Å². The molecule has 1 aliphatic carbocycles. The lowest BCUT2D eigenvalue weighted by atomic mass is 9.80. The zero-order chi connectivity index (χ0) is 28.3. The fourth-order valence-electron chi connectivity index (χ4n) is 6.36. The lowest BCUT2D eigenvalue weighted by Gasteiger charge is -2.35. The standard InChI is InChI=1S/C26H41N9O4/c1-4-13(5-2)20(33-12(3)36)19-18(35-26(28)29)8-15(23(19)37)25(38)39-10-14-6-7-17(34-14)16-9-30-22-21(16)31-11-32-24(22)27/h9,11,13-15,17-20,23,30,34,37H,4-8,10H2,1-3H3,(H,33,36)(H2,27,31,32)(H4,28,29,35)/t14-,15-,17+,18+,19?,20-,23+/m0/s1. The summed E-state index contributed by atoms with van der Waals surface area (Å²) in [7, 11) is 0. The molecule has 2 aliphatic rings. The maximum atomic E-state index is 13.2. The summed E-state index contributed by atoms with van der Waals surface area (Å²) in [5.74, 6) is -1.67. The summed E-state index contributed by atoms with van der Waals surface area (Å²) in [5.41, 5.74) is 19.8. The van der Waals surface area contributed by atoms with Crippen LogP contribution in [-0.2, 0) is 14.3 Å². The molecule has 2 fully saturated rings. The number of nitrogens with two attached hydrogens (primary N) is 3. The maximum absolute atomic E-state index is 13.2. The summed E-state index contributed by atoms with van der Waals surface area (Å²) in [6, 6.07) is -0.930. The number of anilines is 1. The average Bonchev–Trinajstić information content (AvgIpc) is 3.60. The lowest BCUT2D eigenvalue weighted by molar-refractivity contribution is -0.152. The Bertz CT molecular complexity index is 1190. The average molecular weight is 544 g/mol. The van der Waals surface area contributed by atoms with E-state index < -0.39 is 30.0 Å². The first-order chi connectivity index (χ1) is 18.6. The van der Waals surface area contributed by atoms with Gasteiger partial charge in [-0.3, -0.25) is 9.59 Å². The first-order valence-corrected chi connectivity index (χ1v) is 13.7. The van der Waals surface area contributed by atoms with Crippen LogP contribution < -0.4 is 27.8 Å². The number of nitrogens with one attached hydrogen (secondary N) is 3. The molecule has 1 aliphatic heterocycles. The monoisotopic (exact) mass is 543 g/mol. The molecular weight excluding hydrogens is 502 g/mol. The van der Waals surface area contributed by atoms with Crippen molar-refractivity contribution in [3.8, 4) is 0 Å². The summed E-state index contributed by atoms with van der Waals surface area (Å²) < 4.78 is 5.72. The number of hydrogen-bond donors (Lipinski definition) is 7. The number of carbonyl (C=O) groups excluding carboxylic acids is 2. The third kappa shape index (κ3) is 6.09. The van der Waals surface area contributed by atoms with Crippen molar-refractivity contribution in [1.29, 1.82) is 0 Å². The molecule has 0 bridgehead atoms. The van der Waals surface area contributed by atoms with Crippen LogP contribution in [0.15, 0.2) is 17.5 Å². The Balaban J connectivity index is 1.42. The van der Waals surface area contributed by atoms with Crippen molar-refractivity contribution in [1.82, 2.24) is 25.6 Å². The Morgan fingerprint density at radius 2 is 2.00 bits per heavy atom.